The summed E-state index contributed by atoms with van der Waals surface area (Å²) in [5.74, 6) is -0.295. The molecule has 1 saturated heterocycles. The highest BCUT2D eigenvalue weighted by Crippen LogP contribution is 2.44. The van der Waals surface area contributed by atoms with Crippen LogP contribution in [0.3, 0.4) is 0 Å². The zero-order valence-electron chi connectivity index (χ0n) is 25.1. The summed E-state index contributed by atoms with van der Waals surface area (Å²) in [7, 11) is 1.92. The third kappa shape index (κ3) is 5.53. The summed E-state index contributed by atoms with van der Waals surface area (Å²) in [5, 5.41) is 15.8. The number of carbonyl (C=O) groups excluding carboxylic acids is 1. The van der Waals surface area contributed by atoms with E-state index in [9.17, 15) is 14.7 Å². The van der Waals surface area contributed by atoms with Crippen molar-refractivity contribution in [1.82, 2.24) is 19.6 Å². The van der Waals surface area contributed by atoms with Crippen LogP contribution >= 0.6 is 0 Å². The molecule has 1 atom stereocenters. The molecule has 0 bridgehead atoms. The fourth-order valence-electron chi connectivity index (χ4n) is 6.58. The first-order valence-electron chi connectivity index (χ1n) is 14.5. The molecule has 7 nitrogen and oxygen atoms in total. The van der Waals surface area contributed by atoms with Crippen molar-refractivity contribution in [2.24, 2.45) is 23.8 Å². The van der Waals surface area contributed by atoms with Crippen LogP contribution in [0.1, 0.15) is 74.3 Å². The Balaban J connectivity index is 1.51. The zero-order valence-corrected chi connectivity index (χ0v) is 25.1. The van der Waals surface area contributed by atoms with Gasteiger partial charge in [0.05, 0.1) is 23.7 Å². The van der Waals surface area contributed by atoms with Crippen LogP contribution in [0, 0.1) is 30.6 Å². The van der Waals surface area contributed by atoms with E-state index < -0.39 is 11.4 Å². The maximum absolute atomic E-state index is 13.3. The van der Waals surface area contributed by atoms with E-state index in [1.165, 1.54) is 12.8 Å². The average Bonchev–Trinajstić information content (AvgIpc) is 3.62. The Morgan fingerprint density at radius 3 is 2.55 bits per heavy atom. The molecule has 2 aromatic carbocycles. The maximum atomic E-state index is 13.3. The van der Waals surface area contributed by atoms with Gasteiger partial charge < -0.3 is 10.0 Å². The number of nitrogens with zero attached hydrogens (tertiary/aromatic N) is 4. The lowest BCUT2D eigenvalue weighted by Gasteiger charge is -2.34. The highest BCUT2D eigenvalue weighted by Gasteiger charge is 2.40. The first-order chi connectivity index (χ1) is 18.8. The highest BCUT2D eigenvalue weighted by atomic mass is 16.4. The predicted octanol–water partition coefficient (Wildman–Crippen LogP) is 5.51. The molecule has 3 aromatic rings. The molecular formula is C33H44N4O3. The Labute approximate surface area is 238 Å². The van der Waals surface area contributed by atoms with E-state index in [-0.39, 0.29) is 17.2 Å². The van der Waals surface area contributed by atoms with Gasteiger partial charge in [-0.15, -0.1) is 0 Å². The monoisotopic (exact) mass is 544 g/mol. The Bertz CT molecular complexity index is 1450. The zero-order chi connectivity index (χ0) is 29.0. The third-order valence-electron chi connectivity index (χ3n) is 9.08. The van der Waals surface area contributed by atoms with Crippen molar-refractivity contribution >= 4 is 22.8 Å². The molecule has 214 valence electrons. The summed E-state index contributed by atoms with van der Waals surface area (Å²) < 4.78 is 1.85. The normalized spacial score (nSPS) is 19.2. The van der Waals surface area contributed by atoms with Crippen LogP contribution in [0.25, 0.3) is 10.9 Å². The van der Waals surface area contributed by atoms with Gasteiger partial charge in [-0.2, -0.15) is 5.10 Å². The highest BCUT2D eigenvalue weighted by molar-refractivity contribution is 5.85. The summed E-state index contributed by atoms with van der Waals surface area (Å²) in [6, 6.07) is 10.5. The molecule has 1 aromatic heterocycles. The quantitative estimate of drug-likeness (QED) is 0.404. The minimum absolute atomic E-state index is 0.00333. The Kier molecular flexibility index (Phi) is 7.32. The Hall–Kier alpha value is -3.19. The molecule has 1 N–H and O–H groups in total. The van der Waals surface area contributed by atoms with E-state index in [2.05, 4.69) is 66.9 Å². The second-order valence-electron chi connectivity index (χ2n) is 13.7. The van der Waals surface area contributed by atoms with Crippen LogP contribution < -0.4 is 0 Å². The van der Waals surface area contributed by atoms with Gasteiger partial charge in [0.15, 0.2) is 0 Å². The van der Waals surface area contributed by atoms with Gasteiger partial charge in [0, 0.05) is 44.5 Å². The first-order valence-corrected chi connectivity index (χ1v) is 14.5. The number of carbonyl (C=O) groups is 2. The maximum Gasteiger partial charge on any atom is 0.310 e. The van der Waals surface area contributed by atoms with Gasteiger partial charge in [0.2, 0.25) is 5.91 Å². The number of hydrogen-bond acceptors (Lipinski definition) is 4. The summed E-state index contributed by atoms with van der Waals surface area (Å²) in [5.41, 5.74) is 5.32. The average molecular weight is 545 g/mol. The molecule has 1 saturated carbocycles. The van der Waals surface area contributed by atoms with Crippen LogP contribution in [0.4, 0.5) is 0 Å². The lowest BCUT2D eigenvalue weighted by Crippen LogP contribution is -2.39. The number of hydrogen-bond donors (Lipinski definition) is 1. The molecule has 1 amide bonds. The molecule has 0 radical (unpaired) electrons. The van der Waals surface area contributed by atoms with Crippen LogP contribution in [-0.2, 0) is 23.2 Å². The smallest absolute Gasteiger partial charge is 0.310 e. The first kappa shape index (κ1) is 28.3. The number of carboxylic acids is 1. The topological polar surface area (TPSA) is 78.7 Å². The number of aliphatic carboxylic acids is 1. The van der Waals surface area contributed by atoms with Gasteiger partial charge in [-0.05, 0) is 85.8 Å². The van der Waals surface area contributed by atoms with E-state index in [1.54, 1.807) is 0 Å². The lowest BCUT2D eigenvalue weighted by atomic mass is 9.69. The van der Waals surface area contributed by atoms with E-state index in [4.69, 9.17) is 0 Å². The van der Waals surface area contributed by atoms with Gasteiger partial charge in [0.25, 0.3) is 0 Å². The van der Waals surface area contributed by atoms with Gasteiger partial charge >= 0.3 is 5.97 Å². The van der Waals surface area contributed by atoms with Gasteiger partial charge in [-0.3, -0.25) is 19.2 Å². The van der Waals surface area contributed by atoms with Crippen LogP contribution in [0.2, 0.25) is 0 Å². The van der Waals surface area contributed by atoms with Crippen molar-refractivity contribution in [2.75, 3.05) is 26.2 Å². The molecule has 40 heavy (non-hydrogen) atoms. The van der Waals surface area contributed by atoms with E-state index in [0.29, 0.717) is 19.0 Å². The molecule has 0 spiro atoms. The molecule has 2 heterocycles. The minimum Gasteiger partial charge on any atom is -0.481 e. The van der Waals surface area contributed by atoms with E-state index in [0.717, 1.165) is 58.4 Å². The van der Waals surface area contributed by atoms with Crippen molar-refractivity contribution in [3.05, 3.63) is 64.3 Å². The van der Waals surface area contributed by atoms with Crippen LogP contribution in [0.5, 0.6) is 0 Å². The predicted molar refractivity (Wildman–Crippen MR) is 158 cm³/mol. The second-order valence-corrected chi connectivity index (χ2v) is 13.7. The standard InChI is InChI=1S/C33H44N4O3/c1-21-8-11-24(14-25(21)17-36-18-29(38)37(16-23-9-10-23)20-32(3,4)19-36)30(33(5,6)31(39)40)26-12-13-28-27(22(26)2)15-34-35(28)7/h8,11-15,23,30H,9-10,16-20H2,1-7H3,(H,39,40). The number of rotatable bonds is 8. The molecule has 7 heteroatoms. The van der Waals surface area contributed by atoms with E-state index >= 15 is 0 Å². The van der Waals surface area contributed by atoms with Crippen molar-refractivity contribution in [1.29, 1.82) is 0 Å². The van der Waals surface area contributed by atoms with Gasteiger partial charge in [-0.25, -0.2) is 0 Å². The molecule has 2 aliphatic rings. The van der Waals surface area contributed by atoms with Crippen LogP contribution in [-0.4, -0.2) is 62.7 Å². The largest absolute Gasteiger partial charge is 0.481 e. The molecule has 5 rings (SSSR count). The molecule has 1 aliphatic heterocycles. The van der Waals surface area contributed by atoms with Crippen molar-refractivity contribution in [3.63, 3.8) is 0 Å². The summed E-state index contributed by atoms with van der Waals surface area (Å²) in [6.45, 7) is 15.9. The number of aromatic nitrogens is 2. The number of fused-ring (bicyclic) bond motifs is 1. The SMILES string of the molecule is Cc1ccc(C(c2ccc3c(cnn3C)c2C)C(C)(C)C(=O)O)cc1CN1CC(=O)N(CC2CC2)CC(C)(C)C1. The fraction of sp³-hybridized carbons (Fsp3) is 0.545. The number of amides is 1. The molecule has 1 unspecified atom stereocenters. The van der Waals surface area contributed by atoms with E-state index in [1.807, 2.05) is 37.8 Å². The molecule has 1 aliphatic carbocycles. The van der Waals surface area contributed by atoms with Crippen molar-refractivity contribution in [3.8, 4) is 0 Å². The van der Waals surface area contributed by atoms with Gasteiger partial charge in [0.1, 0.15) is 0 Å². The van der Waals surface area contributed by atoms with Crippen LogP contribution in [0.15, 0.2) is 36.5 Å². The summed E-state index contributed by atoms with van der Waals surface area (Å²) in [6.07, 6.45) is 4.34. The fourth-order valence-corrected chi connectivity index (χ4v) is 6.58. The number of carboxylic acid groups (broad SMARTS) is 1. The number of benzene rings is 2. The van der Waals surface area contributed by atoms with Gasteiger partial charge in [-0.1, -0.05) is 38.1 Å². The summed E-state index contributed by atoms with van der Waals surface area (Å²) >= 11 is 0. The third-order valence-corrected chi connectivity index (χ3v) is 9.08. The lowest BCUT2D eigenvalue weighted by molar-refractivity contribution is -0.147. The minimum atomic E-state index is -1.04. The molecule has 2 fully saturated rings. The Morgan fingerprint density at radius 2 is 1.88 bits per heavy atom. The Morgan fingerprint density at radius 1 is 1.15 bits per heavy atom. The second kappa shape index (κ2) is 10.3. The summed E-state index contributed by atoms with van der Waals surface area (Å²) in [4.78, 5) is 30.3. The van der Waals surface area contributed by atoms with Crippen molar-refractivity contribution < 1.29 is 14.7 Å². The molecular weight excluding hydrogens is 500 g/mol. The van der Waals surface area contributed by atoms with Crippen molar-refractivity contribution in [2.45, 2.75) is 66.8 Å². The number of aryl methyl sites for hydroxylation is 3.